The number of hydrogen-bond acceptors (Lipinski definition) is 5. The van der Waals surface area contributed by atoms with E-state index in [-0.39, 0.29) is 11.9 Å². The number of amides is 1. The summed E-state index contributed by atoms with van der Waals surface area (Å²) in [5.74, 6) is 2.00. The highest BCUT2D eigenvalue weighted by Crippen LogP contribution is 2.43. The van der Waals surface area contributed by atoms with Gasteiger partial charge in [0, 0.05) is 22.7 Å². The molecule has 4 aromatic rings. The van der Waals surface area contributed by atoms with E-state index in [1.54, 1.807) is 14.2 Å². The Morgan fingerprint density at radius 3 is 2.51 bits per heavy atom. The minimum Gasteiger partial charge on any atom is -0.494 e. The fourth-order valence-electron chi connectivity index (χ4n) is 4.83. The largest absolute Gasteiger partial charge is 0.494 e. The van der Waals surface area contributed by atoms with Crippen LogP contribution in [-0.2, 0) is 6.42 Å². The fourth-order valence-corrected chi connectivity index (χ4v) is 4.95. The van der Waals surface area contributed by atoms with Crippen molar-refractivity contribution in [2.24, 2.45) is 0 Å². The number of carbonyl (C=O) groups excluding carboxylic acids is 1. The standard InChI is InChI=1S/C29H28ClN3O4/c1-4-37-22-7-5-6-20(17-22)28-25-26(19-9-11-21(30)12-10-19)31-32-27(25)29(34)33(28)15-14-18-8-13-23(35-2)24(16-18)36-3/h5-13,16-17,28H,4,14-15H2,1-3H3,(H,31,32). The van der Waals surface area contributed by atoms with Gasteiger partial charge in [0.25, 0.3) is 5.91 Å². The van der Waals surface area contributed by atoms with Crippen LogP contribution in [0.1, 0.15) is 40.1 Å². The molecule has 0 bridgehead atoms. The molecule has 1 aliphatic heterocycles. The summed E-state index contributed by atoms with van der Waals surface area (Å²) in [7, 11) is 3.23. The third-order valence-corrected chi connectivity index (χ3v) is 6.81. The summed E-state index contributed by atoms with van der Waals surface area (Å²) in [5.41, 5.74) is 4.99. The van der Waals surface area contributed by atoms with Gasteiger partial charge in [-0.05, 0) is 60.9 Å². The van der Waals surface area contributed by atoms with Crippen molar-refractivity contribution >= 4 is 17.5 Å². The highest BCUT2D eigenvalue weighted by Gasteiger charge is 2.42. The quantitative estimate of drug-likeness (QED) is 0.297. The van der Waals surface area contributed by atoms with E-state index in [0.29, 0.717) is 41.8 Å². The monoisotopic (exact) mass is 517 g/mol. The normalized spacial score (nSPS) is 14.5. The van der Waals surface area contributed by atoms with Crippen molar-refractivity contribution in [3.05, 3.63) is 94.1 Å². The Kier molecular flexibility index (Phi) is 7.06. The number of H-pyrrole nitrogens is 1. The van der Waals surface area contributed by atoms with Crippen molar-refractivity contribution in [1.82, 2.24) is 15.1 Å². The van der Waals surface area contributed by atoms with Gasteiger partial charge < -0.3 is 19.1 Å². The van der Waals surface area contributed by atoms with Crippen LogP contribution in [0.4, 0.5) is 0 Å². The smallest absolute Gasteiger partial charge is 0.273 e. The maximum Gasteiger partial charge on any atom is 0.273 e. The zero-order valence-electron chi connectivity index (χ0n) is 21.0. The SMILES string of the molecule is CCOc1cccc(C2c3c(-c4ccc(Cl)cc4)n[nH]c3C(=O)N2CCc2ccc(OC)c(OC)c2)c1. The Hall–Kier alpha value is -3.97. The van der Waals surface area contributed by atoms with Gasteiger partial charge in [-0.25, -0.2) is 0 Å². The van der Waals surface area contributed by atoms with Crippen LogP contribution in [0.2, 0.25) is 5.02 Å². The topological polar surface area (TPSA) is 76.7 Å². The molecule has 5 rings (SSSR count). The first kappa shape index (κ1) is 24.7. The lowest BCUT2D eigenvalue weighted by atomic mass is 9.95. The van der Waals surface area contributed by atoms with Gasteiger partial charge in [0.1, 0.15) is 11.4 Å². The number of fused-ring (bicyclic) bond motifs is 1. The predicted octanol–water partition coefficient (Wildman–Crippen LogP) is 5.93. The average molecular weight is 518 g/mol. The first-order valence-corrected chi connectivity index (χ1v) is 12.5. The van der Waals surface area contributed by atoms with Crippen LogP contribution in [0.5, 0.6) is 17.2 Å². The minimum absolute atomic E-state index is 0.0880. The lowest BCUT2D eigenvalue weighted by Gasteiger charge is -2.27. The number of carbonyl (C=O) groups is 1. The van der Waals surface area contributed by atoms with Gasteiger partial charge in [0.15, 0.2) is 11.5 Å². The molecule has 1 N–H and O–H groups in total. The second-order valence-electron chi connectivity index (χ2n) is 8.71. The van der Waals surface area contributed by atoms with E-state index in [1.165, 1.54) is 0 Å². The Bertz CT molecular complexity index is 1420. The van der Waals surface area contributed by atoms with Crippen molar-refractivity contribution in [1.29, 1.82) is 0 Å². The van der Waals surface area contributed by atoms with E-state index >= 15 is 0 Å². The number of aromatic amines is 1. The Balaban J connectivity index is 1.54. The van der Waals surface area contributed by atoms with Crippen molar-refractivity contribution < 1.29 is 19.0 Å². The lowest BCUT2D eigenvalue weighted by Crippen LogP contribution is -2.31. The number of halogens is 1. The van der Waals surface area contributed by atoms with E-state index in [1.807, 2.05) is 78.6 Å². The molecule has 1 atom stereocenters. The van der Waals surface area contributed by atoms with Crippen molar-refractivity contribution in [3.63, 3.8) is 0 Å². The molecule has 2 heterocycles. The Labute approximate surface area is 220 Å². The highest BCUT2D eigenvalue weighted by molar-refractivity contribution is 6.30. The van der Waals surface area contributed by atoms with Gasteiger partial charge in [0.05, 0.1) is 32.6 Å². The highest BCUT2D eigenvalue weighted by atomic mass is 35.5. The molecule has 1 aliphatic rings. The van der Waals surface area contributed by atoms with Gasteiger partial charge in [0.2, 0.25) is 0 Å². The van der Waals surface area contributed by atoms with Gasteiger partial charge in [-0.15, -0.1) is 0 Å². The molecule has 0 fully saturated rings. The van der Waals surface area contributed by atoms with Gasteiger partial charge >= 0.3 is 0 Å². The number of aromatic nitrogens is 2. The van der Waals surface area contributed by atoms with E-state index in [2.05, 4.69) is 10.2 Å². The summed E-state index contributed by atoms with van der Waals surface area (Å²) in [6.07, 6.45) is 0.641. The molecular weight excluding hydrogens is 490 g/mol. The number of hydrogen-bond donors (Lipinski definition) is 1. The van der Waals surface area contributed by atoms with Gasteiger partial charge in [-0.3, -0.25) is 9.89 Å². The number of nitrogens with zero attached hydrogens (tertiary/aromatic N) is 2. The first-order valence-electron chi connectivity index (χ1n) is 12.1. The van der Waals surface area contributed by atoms with Crippen molar-refractivity contribution in [2.45, 2.75) is 19.4 Å². The second-order valence-corrected chi connectivity index (χ2v) is 9.15. The zero-order valence-corrected chi connectivity index (χ0v) is 21.7. The zero-order chi connectivity index (χ0) is 25.9. The van der Waals surface area contributed by atoms with Crippen LogP contribution in [-0.4, -0.2) is 48.4 Å². The molecule has 1 aromatic heterocycles. The summed E-state index contributed by atoms with van der Waals surface area (Å²) < 4.78 is 16.6. The van der Waals surface area contributed by atoms with Crippen LogP contribution < -0.4 is 14.2 Å². The van der Waals surface area contributed by atoms with E-state index in [0.717, 1.165) is 33.7 Å². The molecule has 3 aromatic carbocycles. The van der Waals surface area contributed by atoms with Crippen LogP contribution in [0.25, 0.3) is 11.3 Å². The molecule has 0 spiro atoms. The van der Waals surface area contributed by atoms with E-state index < -0.39 is 0 Å². The summed E-state index contributed by atoms with van der Waals surface area (Å²) in [4.78, 5) is 15.6. The third-order valence-electron chi connectivity index (χ3n) is 6.56. The van der Waals surface area contributed by atoms with E-state index in [9.17, 15) is 4.79 Å². The maximum atomic E-state index is 13.7. The number of rotatable bonds is 9. The Morgan fingerprint density at radius 1 is 1.00 bits per heavy atom. The van der Waals surface area contributed by atoms with Crippen LogP contribution in [0.15, 0.2) is 66.7 Å². The van der Waals surface area contributed by atoms with Crippen LogP contribution >= 0.6 is 11.6 Å². The molecule has 1 amide bonds. The summed E-state index contributed by atoms with van der Waals surface area (Å²) in [6.45, 7) is 3.01. The number of methoxy groups -OCH3 is 2. The second kappa shape index (κ2) is 10.6. The third kappa shape index (κ3) is 4.74. The average Bonchev–Trinajstić information content (AvgIpc) is 3.46. The molecule has 0 saturated carbocycles. The lowest BCUT2D eigenvalue weighted by molar-refractivity contribution is 0.0745. The minimum atomic E-state index is -0.326. The summed E-state index contributed by atoms with van der Waals surface area (Å²) in [6, 6.07) is 20.9. The predicted molar refractivity (Wildman–Crippen MR) is 143 cm³/mol. The molecule has 0 saturated heterocycles. The number of benzene rings is 3. The molecule has 8 heteroatoms. The molecule has 190 valence electrons. The van der Waals surface area contributed by atoms with Gasteiger partial charge in [-0.1, -0.05) is 41.9 Å². The van der Waals surface area contributed by atoms with Crippen LogP contribution in [0, 0.1) is 0 Å². The molecule has 1 unspecified atom stereocenters. The number of ether oxygens (including phenoxy) is 3. The van der Waals surface area contributed by atoms with Gasteiger partial charge in [-0.2, -0.15) is 5.10 Å². The number of nitrogens with one attached hydrogen (secondary N) is 1. The Morgan fingerprint density at radius 2 is 1.78 bits per heavy atom. The van der Waals surface area contributed by atoms with Crippen LogP contribution in [0.3, 0.4) is 0 Å². The molecule has 0 radical (unpaired) electrons. The molecule has 7 nitrogen and oxygen atoms in total. The molecule has 37 heavy (non-hydrogen) atoms. The fraction of sp³-hybridized carbons (Fsp3) is 0.241. The summed E-state index contributed by atoms with van der Waals surface area (Å²) >= 11 is 6.13. The maximum absolute atomic E-state index is 13.7. The van der Waals surface area contributed by atoms with E-state index in [4.69, 9.17) is 25.8 Å². The molecular formula is C29H28ClN3O4. The summed E-state index contributed by atoms with van der Waals surface area (Å²) in [5, 5.41) is 8.19. The van der Waals surface area contributed by atoms with Crippen molar-refractivity contribution in [3.8, 4) is 28.5 Å². The molecule has 0 aliphatic carbocycles. The first-order chi connectivity index (χ1) is 18.0. The van der Waals surface area contributed by atoms with Crippen molar-refractivity contribution in [2.75, 3.05) is 27.4 Å².